The van der Waals surface area contributed by atoms with Crippen molar-refractivity contribution in [3.63, 3.8) is 0 Å². The zero-order chi connectivity index (χ0) is 8.97. The van der Waals surface area contributed by atoms with Crippen molar-refractivity contribution in [1.82, 2.24) is 0 Å². The molecule has 12 heavy (non-hydrogen) atoms. The highest BCUT2D eigenvalue weighted by molar-refractivity contribution is 5.82. The van der Waals surface area contributed by atoms with Gasteiger partial charge >= 0.3 is 5.97 Å². The number of rotatable bonds is 2. The summed E-state index contributed by atoms with van der Waals surface area (Å²) in [6.45, 7) is 4.98. The number of hydrogen-bond donors (Lipinski definition) is 0. The van der Waals surface area contributed by atoms with Gasteiger partial charge < -0.3 is 9.47 Å². The van der Waals surface area contributed by atoms with Crippen molar-refractivity contribution >= 4 is 5.97 Å². The molecule has 3 nitrogen and oxygen atoms in total. The van der Waals surface area contributed by atoms with E-state index in [0.29, 0.717) is 13.2 Å². The Hall–Kier alpha value is -0.830. The van der Waals surface area contributed by atoms with Crippen LogP contribution in [0.5, 0.6) is 0 Å². The standard InChI is InChI=1S/C9H14O3/c1-7(2)5-9(10)12-8-3-4-11-6-8/h5,8H,3-4,6H2,1-2H3/t8-/m1/s1. The molecule has 1 aliphatic heterocycles. The Morgan fingerprint density at radius 2 is 2.33 bits per heavy atom. The minimum Gasteiger partial charge on any atom is -0.457 e. The molecule has 0 amide bonds. The highest BCUT2D eigenvalue weighted by atomic mass is 16.6. The second-order valence-electron chi connectivity index (χ2n) is 3.14. The van der Waals surface area contributed by atoms with E-state index in [1.807, 2.05) is 13.8 Å². The third kappa shape index (κ3) is 3.05. The second-order valence-corrected chi connectivity index (χ2v) is 3.14. The van der Waals surface area contributed by atoms with Gasteiger partial charge in [0.25, 0.3) is 0 Å². The van der Waals surface area contributed by atoms with Crippen LogP contribution in [0.3, 0.4) is 0 Å². The van der Waals surface area contributed by atoms with E-state index in [1.54, 1.807) is 0 Å². The maximum absolute atomic E-state index is 11.1. The van der Waals surface area contributed by atoms with Crippen LogP contribution in [0.2, 0.25) is 0 Å². The number of hydrogen-bond acceptors (Lipinski definition) is 3. The van der Waals surface area contributed by atoms with Crippen LogP contribution in [-0.2, 0) is 14.3 Å². The van der Waals surface area contributed by atoms with Gasteiger partial charge in [-0.3, -0.25) is 0 Å². The van der Waals surface area contributed by atoms with Crippen LogP contribution in [-0.4, -0.2) is 25.3 Å². The van der Waals surface area contributed by atoms with Crippen LogP contribution in [0.1, 0.15) is 20.3 Å². The minimum absolute atomic E-state index is 0.0342. The van der Waals surface area contributed by atoms with Crippen molar-refractivity contribution in [2.45, 2.75) is 26.4 Å². The first-order valence-electron chi connectivity index (χ1n) is 4.12. The van der Waals surface area contributed by atoms with Crippen LogP contribution in [0, 0.1) is 0 Å². The normalized spacial score (nSPS) is 22.0. The monoisotopic (exact) mass is 170 g/mol. The van der Waals surface area contributed by atoms with Crippen molar-refractivity contribution in [1.29, 1.82) is 0 Å². The molecule has 0 spiro atoms. The van der Waals surface area contributed by atoms with E-state index in [4.69, 9.17) is 9.47 Å². The van der Waals surface area contributed by atoms with E-state index >= 15 is 0 Å². The molecule has 1 rings (SSSR count). The molecule has 0 radical (unpaired) electrons. The van der Waals surface area contributed by atoms with Gasteiger partial charge in [-0.25, -0.2) is 4.79 Å². The summed E-state index contributed by atoms with van der Waals surface area (Å²) in [5.74, 6) is -0.259. The average Bonchev–Trinajstić information content (AvgIpc) is 2.37. The third-order valence-electron chi connectivity index (χ3n) is 1.58. The van der Waals surface area contributed by atoms with Crippen molar-refractivity contribution in [2.24, 2.45) is 0 Å². The zero-order valence-corrected chi connectivity index (χ0v) is 7.50. The highest BCUT2D eigenvalue weighted by Gasteiger charge is 2.18. The Labute approximate surface area is 72.4 Å². The second kappa shape index (κ2) is 4.26. The zero-order valence-electron chi connectivity index (χ0n) is 7.50. The van der Waals surface area contributed by atoms with Gasteiger partial charge in [-0.2, -0.15) is 0 Å². The fourth-order valence-corrected chi connectivity index (χ4v) is 1.04. The number of ether oxygens (including phenoxy) is 2. The number of esters is 1. The van der Waals surface area contributed by atoms with Gasteiger partial charge in [-0.1, -0.05) is 5.57 Å². The van der Waals surface area contributed by atoms with Crippen molar-refractivity contribution in [2.75, 3.05) is 13.2 Å². The Morgan fingerprint density at radius 1 is 1.58 bits per heavy atom. The van der Waals surface area contributed by atoms with E-state index < -0.39 is 0 Å². The molecule has 0 saturated carbocycles. The van der Waals surface area contributed by atoms with Gasteiger partial charge in [-0.15, -0.1) is 0 Å². The first-order chi connectivity index (χ1) is 5.68. The van der Waals surface area contributed by atoms with E-state index in [0.717, 1.165) is 12.0 Å². The number of carbonyl (C=O) groups is 1. The molecule has 0 N–H and O–H groups in total. The van der Waals surface area contributed by atoms with Crippen molar-refractivity contribution < 1.29 is 14.3 Å². The molecule has 1 atom stereocenters. The molecule has 68 valence electrons. The molecule has 3 heteroatoms. The third-order valence-corrected chi connectivity index (χ3v) is 1.58. The molecular formula is C9H14O3. The fourth-order valence-electron chi connectivity index (χ4n) is 1.04. The van der Waals surface area contributed by atoms with Crippen LogP contribution >= 0.6 is 0 Å². The SMILES string of the molecule is CC(C)=CC(=O)O[C@@H]1CCOC1. The number of allylic oxidation sites excluding steroid dienone is 1. The van der Waals surface area contributed by atoms with Crippen LogP contribution in [0.15, 0.2) is 11.6 Å². The molecule has 0 aliphatic carbocycles. The molecule has 0 aromatic rings. The maximum Gasteiger partial charge on any atom is 0.331 e. The van der Waals surface area contributed by atoms with E-state index in [9.17, 15) is 4.79 Å². The first-order valence-corrected chi connectivity index (χ1v) is 4.12. The molecule has 0 aromatic carbocycles. The largest absolute Gasteiger partial charge is 0.457 e. The Kier molecular flexibility index (Phi) is 3.29. The van der Waals surface area contributed by atoms with E-state index in [2.05, 4.69) is 0 Å². The summed E-state index contributed by atoms with van der Waals surface area (Å²) in [5, 5.41) is 0. The highest BCUT2D eigenvalue weighted by Crippen LogP contribution is 2.08. The lowest BCUT2D eigenvalue weighted by Crippen LogP contribution is -2.16. The smallest absolute Gasteiger partial charge is 0.331 e. The Bertz CT molecular complexity index is 186. The van der Waals surface area contributed by atoms with E-state index in [1.165, 1.54) is 6.08 Å². The van der Waals surface area contributed by atoms with Gasteiger partial charge in [0.15, 0.2) is 0 Å². The summed E-state index contributed by atoms with van der Waals surface area (Å²) < 4.78 is 10.1. The molecule has 1 saturated heterocycles. The minimum atomic E-state index is -0.259. The predicted octanol–water partition coefficient (Wildman–Crippen LogP) is 1.28. The van der Waals surface area contributed by atoms with Crippen LogP contribution in [0.4, 0.5) is 0 Å². The molecule has 1 heterocycles. The van der Waals surface area contributed by atoms with Gasteiger partial charge in [0, 0.05) is 12.5 Å². The maximum atomic E-state index is 11.1. The topological polar surface area (TPSA) is 35.5 Å². The van der Waals surface area contributed by atoms with E-state index in [-0.39, 0.29) is 12.1 Å². The van der Waals surface area contributed by atoms with Gasteiger partial charge in [0.1, 0.15) is 6.10 Å². The Morgan fingerprint density at radius 3 is 2.83 bits per heavy atom. The lowest BCUT2D eigenvalue weighted by atomic mass is 10.3. The molecule has 0 aromatic heterocycles. The molecule has 1 aliphatic rings. The number of carbonyl (C=O) groups excluding carboxylic acids is 1. The van der Waals surface area contributed by atoms with Crippen molar-refractivity contribution in [3.8, 4) is 0 Å². The van der Waals surface area contributed by atoms with Crippen LogP contribution < -0.4 is 0 Å². The summed E-state index contributed by atoms with van der Waals surface area (Å²) in [7, 11) is 0. The fraction of sp³-hybridized carbons (Fsp3) is 0.667. The molecule has 0 unspecified atom stereocenters. The molecule has 0 bridgehead atoms. The quantitative estimate of drug-likeness (QED) is 0.462. The first kappa shape index (κ1) is 9.26. The van der Waals surface area contributed by atoms with Crippen LogP contribution in [0.25, 0.3) is 0 Å². The summed E-state index contributed by atoms with van der Waals surface area (Å²) in [6.07, 6.45) is 2.29. The van der Waals surface area contributed by atoms with Crippen molar-refractivity contribution in [3.05, 3.63) is 11.6 Å². The summed E-state index contributed by atoms with van der Waals surface area (Å²) in [4.78, 5) is 11.1. The predicted molar refractivity (Wildman–Crippen MR) is 44.7 cm³/mol. The summed E-state index contributed by atoms with van der Waals surface area (Å²) >= 11 is 0. The van der Waals surface area contributed by atoms with Gasteiger partial charge in [0.2, 0.25) is 0 Å². The molecular weight excluding hydrogens is 156 g/mol. The van der Waals surface area contributed by atoms with Gasteiger partial charge in [-0.05, 0) is 13.8 Å². The lowest BCUT2D eigenvalue weighted by molar-refractivity contribution is -0.142. The van der Waals surface area contributed by atoms with Gasteiger partial charge in [0.05, 0.1) is 13.2 Å². The molecule has 1 fully saturated rings. The summed E-state index contributed by atoms with van der Waals surface area (Å²) in [5.41, 5.74) is 0.957. The average molecular weight is 170 g/mol. The Balaban J connectivity index is 2.30. The lowest BCUT2D eigenvalue weighted by Gasteiger charge is -2.07. The summed E-state index contributed by atoms with van der Waals surface area (Å²) in [6, 6.07) is 0.